The molecule has 1 aromatic rings. The van der Waals surface area contributed by atoms with Crippen molar-refractivity contribution in [2.75, 3.05) is 19.8 Å². The number of carbonyl (C=O) groups is 2. The first-order valence-electron chi connectivity index (χ1n) is 8.62. The molecule has 1 fully saturated rings. The summed E-state index contributed by atoms with van der Waals surface area (Å²) in [6.45, 7) is 5.77. The first-order chi connectivity index (χ1) is 11.7. The summed E-state index contributed by atoms with van der Waals surface area (Å²) in [5.74, 6) is 1.26. The third-order valence-electron chi connectivity index (χ3n) is 3.87. The van der Waals surface area contributed by atoms with Gasteiger partial charge in [0.25, 0.3) is 0 Å². The first kappa shape index (κ1) is 18.1. The van der Waals surface area contributed by atoms with E-state index in [0.717, 1.165) is 24.8 Å². The average Bonchev–Trinajstić information content (AvgIpc) is 2.79. The van der Waals surface area contributed by atoms with Crippen LogP contribution in [0.2, 0.25) is 0 Å². The van der Waals surface area contributed by atoms with Crippen molar-refractivity contribution in [3.63, 3.8) is 0 Å². The zero-order chi connectivity index (χ0) is 17.4. The van der Waals surface area contributed by atoms with Crippen LogP contribution in [0.4, 0.5) is 4.79 Å². The van der Waals surface area contributed by atoms with Crippen LogP contribution in [0.5, 0.6) is 11.5 Å². The fourth-order valence-corrected chi connectivity index (χ4v) is 2.68. The molecule has 0 aromatic heterocycles. The lowest BCUT2D eigenvalue weighted by atomic mass is 10.2. The second kappa shape index (κ2) is 9.15. The number of likely N-dealkylation sites (tertiary alicyclic amines) is 1. The van der Waals surface area contributed by atoms with Gasteiger partial charge in [-0.05, 0) is 44.4 Å². The molecule has 1 aromatic carbocycles. The molecule has 3 amide bonds. The van der Waals surface area contributed by atoms with Crippen LogP contribution < -0.4 is 14.8 Å². The van der Waals surface area contributed by atoms with E-state index in [1.807, 2.05) is 32.0 Å². The predicted molar refractivity (Wildman–Crippen MR) is 91.2 cm³/mol. The Morgan fingerprint density at radius 1 is 1.12 bits per heavy atom. The fraction of sp³-hybridized carbons (Fsp3) is 0.556. The second-order valence-electron chi connectivity index (χ2n) is 5.66. The number of imide groups is 1. The number of benzene rings is 1. The molecule has 132 valence electrons. The maximum absolute atomic E-state index is 12.3. The average molecular weight is 334 g/mol. The van der Waals surface area contributed by atoms with Crippen molar-refractivity contribution in [3.05, 3.63) is 23.8 Å². The lowest BCUT2D eigenvalue weighted by molar-refractivity contribution is -0.127. The number of rotatable bonds is 6. The van der Waals surface area contributed by atoms with Crippen molar-refractivity contribution in [1.82, 2.24) is 10.2 Å². The van der Waals surface area contributed by atoms with Crippen molar-refractivity contribution in [2.45, 2.75) is 46.1 Å². The van der Waals surface area contributed by atoms with Crippen LogP contribution in [0.15, 0.2) is 18.2 Å². The van der Waals surface area contributed by atoms with Crippen molar-refractivity contribution >= 4 is 11.9 Å². The number of ether oxygens (including phenoxy) is 2. The lowest BCUT2D eigenvalue weighted by Gasteiger charge is -2.19. The van der Waals surface area contributed by atoms with Crippen molar-refractivity contribution < 1.29 is 19.1 Å². The van der Waals surface area contributed by atoms with E-state index in [4.69, 9.17) is 9.47 Å². The molecule has 0 bridgehead atoms. The van der Waals surface area contributed by atoms with E-state index in [2.05, 4.69) is 5.32 Å². The zero-order valence-electron chi connectivity index (χ0n) is 14.5. The van der Waals surface area contributed by atoms with Gasteiger partial charge in [-0.25, -0.2) is 4.79 Å². The summed E-state index contributed by atoms with van der Waals surface area (Å²) in [5.41, 5.74) is 0.900. The van der Waals surface area contributed by atoms with Gasteiger partial charge < -0.3 is 14.8 Å². The van der Waals surface area contributed by atoms with Gasteiger partial charge in [0.05, 0.1) is 13.2 Å². The smallest absolute Gasteiger partial charge is 0.324 e. The topological polar surface area (TPSA) is 67.9 Å². The molecule has 0 radical (unpaired) electrons. The molecule has 0 unspecified atom stereocenters. The van der Waals surface area contributed by atoms with Gasteiger partial charge in [-0.3, -0.25) is 9.69 Å². The molecule has 0 spiro atoms. The second-order valence-corrected chi connectivity index (χ2v) is 5.66. The Morgan fingerprint density at radius 2 is 1.88 bits per heavy atom. The van der Waals surface area contributed by atoms with Gasteiger partial charge in [0.1, 0.15) is 0 Å². The van der Waals surface area contributed by atoms with Gasteiger partial charge in [-0.2, -0.15) is 0 Å². The minimum absolute atomic E-state index is 0.0910. The minimum Gasteiger partial charge on any atom is -0.490 e. The summed E-state index contributed by atoms with van der Waals surface area (Å²) in [4.78, 5) is 25.5. The highest BCUT2D eigenvalue weighted by molar-refractivity contribution is 5.94. The Bertz CT molecular complexity index is 574. The Morgan fingerprint density at radius 3 is 2.62 bits per heavy atom. The van der Waals surface area contributed by atoms with Gasteiger partial charge in [0.15, 0.2) is 11.5 Å². The Labute approximate surface area is 143 Å². The molecule has 6 nitrogen and oxygen atoms in total. The molecule has 1 N–H and O–H groups in total. The SMILES string of the molecule is CCOc1ccc(CNC(=O)N2CCCCCC2=O)cc1OCC. The van der Waals surface area contributed by atoms with E-state index in [1.165, 1.54) is 4.90 Å². The first-order valence-corrected chi connectivity index (χ1v) is 8.62. The van der Waals surface area contributed by atoms with E-state index < -0.39 is 0 Å². The van der Waals surface area contributed by atoms with Crippen LogP contribution in [0.3, 0.4) is 0 Å². The van der Waals surface area contributed by atoms with Crippen LogP contribution in [0, 0.1) is 0 Å². The van der Waals surface area contributed by atoms with E-state index in [9.17, 15) is 9.59 Å². The summed E-state index contributed by atoms with van der Waals surface area (Å²) in [7, 11) is 0. The largest absolute Gasteiger partial charge is 0.490 e. The summed E-state index contributed by atoms with van der Waals surface area (Å²) in [5, 5.41) is 2.82. The molecular formula is C18H26N2O4. The molecule has 0 aliphatic carbocycles. The van der Waals surface area contributed by atoms with Crippen LogP contribution in [-0.4, -0.2) is 36.6 Å². The number of nitrogens with one attached hydrogen (secondary N) is 1. The fourth-order valence-electron chi connectivity index (χ4n) is 2.68. The molecule has 6 heteroatoms. The molecule has 1 heterocycles. The van der Waals surface area contributed by atoms with E-state index >= 15 is 0 Å². The standard InChI is InChI=1S/C18H26N2O4/c1-3-23-15-10-9-14(12-16(15)24-4-2)13-19-18(22)20-11-7-5-6-8-17(20)21/h9-10,12H,3-8,11,13H2,1-2H3,(H,19,22). The number of nitrogens with zero attached hydrogens (tertiary/aromatic N) is 1. The highest BCUT2D eigenvalue weighted by Gasteiger charge is 2.22. The molecule has 1 aliphatic rings. The number of amides is 3. The van der Waals surface area contributed by atoms with Gasteiger partial charge in [-0.1, -0.05) is 12.5 Å². The minimum atomic E-state index is -0.325. The Hall–Kier alpha value is -2.24. The molecule has 0 saturated carbocycles. The Kier molecular flexibility index (Phi) is 6.90. The van der Waals surface area contributed by atoms with E-state index in [-0.39, 0.29) is 11.9 Å². The van der Waals surface area contributed by atoms with Crippen LogP contribution in [-0.2, 0) is 11.3 Å². The molecular weight excluding hydrogens is 308 g/mol. The third-order valence-corrected chi connectivity index (χ3v) is 3.87. The van der Waals surface area contributed by atoms with E-state index in [0.29, 0.717) is 44.2 Å². The molecule has 1 aliphatic heterocycles. The zero-order valence-corrected chi connectivity index (χ0v) is 14.5. The van der Waals surface area contributed by atoms with Crippen molar-refractivity contribution in [1.29, 1.82) is 0 Å². The maximum Gasteiger partial charge on any atom is 0.324 e. The van der Waals surface area contributed by atoms with Crippen molar-refractivity contribution in [2.24, 2.45) is 0 Å². The number of hydrogen-bond acceptors (Lipinski definition) is 4. The predicted octanol–water partition coefficient (Wildman–Crippen LogP) is 3.10. The highest BCUT2D eigenvalue weighted by atomic mass is 16.5. The summed E-state index contributed by atoms with van der Waals surface area (Å²) in [6.07, 6.45) is 3.17. The maximum atomic E-state index is 12.3. The summed E-state index contributed by atoms with van der Waals surface area (Å²) < 4.78 is 11.1. The molecule has 0 atom stereocenters. The quantitative estimate of drug-likeness (QED) is 0.868. The normalized spacial score (nSPS) is 14.9. The van der Waals surface area contributed by atoms with Gasteiger partial charge in [0.2, 0.25) is 5.91 Å². The summed E-state index contributed by atoms with van der Waals surface area (Å²) in [6, 6.07) is 5.26. The monoisotopic (exact) mass is 334 g/mol. The Balaban J connectivity index is 1.98. The van der Waals surface area contributed by atoms with Gasteiger partial charge in [0, 0.05) is 19.5 Å². The molecule has 24 heavy (non-hydrogen) atoms. The van der Waals surface area contributed by atoms with Crippen molar-refractivity contribution in [3.8, 4) is 11.5 Å². The molecule has 2 rings (SSSR count). The molecule has 1 saturated heterocycles. The summed E-state index contributed by atoms with van der Waals surface area (Å²) >= 11 is 0. The van der Waals surface area contributed by atoms with Crippen LogP contribution >= 0.6 is 0 Å². The van der Waals surface area contributed by atoms with E-state index in [1.54, 1.807) is 0 Å². The number of hydrogen-bond donors (Lipinski definition) is 1. The van der Waals surface area contributed by atoms with Gasteiger partial charge >= 0.3 is 6.03 Å². The number of urea groups is 1. The number of carbonyl (C=O) groups excluding carboxylic acids is 2. The van der Waals surface area contributed by atoms with Gasteiger partial charge in [-0.15, -0.1) is 0 Å². The third kappa shape index (κ3) is 4.88. The van der Waals surface area contributed by atoms with Crippen LogP contribution in [0.25, 0.3) is 0 Å². The lowest BCUT2D eigenvalue weighted by Crippen LogP contribution is -2.43. The highest BCUT2D eigenvalue weighted by Crippen LogP contribution is 2.28. The van der Waals surface area contributed by atoms with Crippen LogP contribution in [0.1, 0.15) is 45.1 Å².